The molecule has 0 radical (unpaired) electrons. The minimum absolute atomic E-state index is 0.151. The molecule has 4 heterocycles. The molecule has 4 bridgehead atoms. The van der Waals surface area contributed by atoms with Gasteiger partial charge in [0.15, 0.2) is 5.54 Å². The van der Waals surface area contributed by atoms with Gasteiger partial charge in [0.1, 0.15) is 0 Å². The third-order valence-corrected chi connectivity index (χ3v) is 7.39. The van der Waals surface area contributed by atoms with E-state index in [1.165, 1.54) is 12.0 Å². The Morgan fingerprint density at radius 2 is 2.19 bits per heavy atom. The molecule has 0 aromatic carbocycles. The van der Waals surface area contributed by atoms with Crippen LogP contribution >= 0.6 is 11.3 Å². The number of hydrogen-bond acceptors (Lipinski definition) is 4. The highest BCUT2D eigenvalue weighted by atomic mass is 32.1. The Bertz CT molecular complexity index is 698. The number of carbonyl (C=O) groups is 1. The number of thiophene rings is 1. The first-order valence-electron chi connectivity index (χ1n) is 10.5. The molecule has 4 nitrogen and oxygen atoms in total. The van der Waals surface area contributed by atoms with E-state index in [1.807, 2.05) is 0 Å². The highest BCUT2D eigenvalue weighted by Gasteiger charge is 2.67. The summed E-state index contributed by atoms with van der Waals surface area (Å²) in [5.74, 6) is 2.87. The van der Waals surface area contributed by atoms with Crippen LogP contribution in [0.5, 0.6) is 0 Å². The largest absolute Gasteiger partial charge is 0.350 e. The monoisotopic (exact) mass is 387 g/mol. The molecule has 3 aliphatic heterocycles. The lowest BCUT2D eigenvalue weighted by molar-refractivity contribution is -0.132. The molecule has 1 amide bonds. The lowest BCUT2D eigenvalue weighted by Gasteiger charge is -2.51. The van der Waals surface area contributed by atoms with E-state index in [9.17, 15) is 4.79 Å². The fraction of sp³-hybridized carbons (Fsp3) is 0.727. The number of nitrogens with zero attached hydrogens (tertiary/aromatic N) is 2. The number of carbonyl (C=O) groups excluding carboxylic acids is 1. The Morgan fingerprint density at radius 1 is 1.37 bits per heavy atom. The van der Waals surface area contributed by atoms with Crippen LogP contribution in [-0.2, 0) is 11.3 Å². The molecule has 1 saturated heterocycles. The third-order valence-electron chi connectivity index (χ3n) is 6.65. The summed E-state index contributed by atoms with van der Waals surface area (Å²) in [5, 5.41) is 7.42. The Kier molecular flexibility index (Phi) is 5.19. The zero-order valence-electron chi connectivity index (χ0n) is 17.0. The van der Waals surface area contributed by atoms with Crippen LogP contribution in [0.3, 0.4) is 0 Å². The van der Waals surface area contributed by atoms with Crippen LogP contribution in [0.1, 0.15) is 46.1 Å². The standard InChI is InChI=1S/C22H33N3OS/c1-14(2)7-19-17-8-18-12-25(11-15(3)4)20(19)22(18,24-10-17)21(26)23-9-16-5-6-27-13-16/h5-6,10,13-15,17-20H,7-9,11-12H2,1-4H3,(H,23,26). The van der Waals surface area contributed by atoms with Gasteiger partial charge in [0.25, 0.3) is 0 Å². The van der Waals surface area contributed by atoms with E-state index in [-0.39, 0.29) is 11.9 Å². The maximum absolute atomic E-state index is 13.5. The second-order valence-corrected chi connectivity index (χ2v) is 10.4. The number of amides is 1. The van der Waals surface area contributed by atoms with Gasteiger partial charge in [-0.05, 0) is 58.9 Å². The molecule has 148 valence electrons. The predicted octanol–water partition coefficient (Wildman–Crippen LogP) is 3.83. The summed E-state index contributed by atoms with van der Waals surface area (Å²) in [6.45, 7) is 11.9. The highest BCUT2D eigenvalue weighted by Crippen LogP contribution is 2.55. The van der Waals surface area contributed by atoms with E-state index in [2.05, 4.69) is 61.0 Å². The van der Waals surface area contributed by atoms with Gasteiger partial charge < -0.3 is 5.32 Å². The predicted molar refractivity (Wildman–Crippen MR) is 112 cm³/mol. The average Bonchev–Trinajstić information content (AvgIpc) is 3.20. The lowest BCUT2D eigenvalue weighted by atomic mass is 9.59. The Morgan fingerprint density at radius 3 is 2.85 bits per heavy atom. The number of nitrogens with one attached hydrogen (secondary N) is 1. The maximum Gasteiger partial charge on any atom is 0.250 e. The summed E-state index contributed by atoms with van der Waals surface area (Å²) in [4.78, 5) is 21.2. The van der Waals surface area contributed by atoms with E-state index in [0.29, 0.717) is 36.1 Å². The van der Waals surface area contributed by atoms with Gasteiger partial charge >= 0.3 is 0 Å². The zero-order chi connectivity index (χ0) is 19.2. The first kappa shape index (κ1) is 19.1. The lowest BCUT2D eigenvalue weighted by Crippen LogP contribution is -2.65. The van der Waals surface area contributed by atoms with Crippen molar-refractivity contribution in [2.75, 3.05) is 13.1 Å². The van der Waals surface area contributed by atoms with Crippen molar-refractivity contribution in [3.05, 3.63) is 22.4 Å². The third kappa shape index (κ3) is 3.27. The van der Waals surface area contributed by atoms with Crippen molar-refractivity contribution < 1.29 is 4.79 Å². The summed E-state index contributed by atoms with van der Waals surface area (Å²) in [6, 6.07) is 2.35. The van der Waals surface area contributed by atoms with Crippen molar-refractivity contribution in [1.29, 1.82) is 0 Å². The molecular formula is C22H33N3OS. The quantitative estimate of drug-likeness (QED) is 0.773. The zero-order valence-corrected chi connectivity index (χ0v) is 17.8. The van der Waals surface area contributed by atoms with Crippen LogP contribution in [0.25, 0.3) is 0 Å². The Hall–Kier alpha value is -1.20. The van der Waals surface area contributed by atoms with E-state index in [1.54, 1.807) is 11.3 Å². The van der Waals surface area contributed by atoms with E-state index < -0.39 is 5.54 Å². The van der Waals surface area contributed by atoms with Crippen molar-refractivity contribution in [2.24, 2.45) is 34.6 Å². The fourth-order valence-electron chi connectivity index (χ4n) is 5.82. The molecule has 2 fully saturated rings. The second kappa shape index (κ2) is 7.32. The van der Waals surface area contributed by atoms with Crippen LogP contribution in [0.4, 0.5) is 0 Å². The van der Waals surface area contributed by atoms with Gasteiger partial charge in [0, 0.05) is 37.8 Å². The molecule has 0 spiro atoms. The molecular weight excluding hydrogens is 354 g/mol. The molecule has 5 rings (SSSR count). The van der Waals surface area contributed by atoms with Gasteiger partial charge in [-0.25, -0.2) is 0 Å². The van der Waals surface area contributed by atoms with Crippen LogP contribution in [0.2, 0.25) is 0 Å². The Labute approximate surface area is 167 Å². The molecule has 1 aromatic rings. The normalized spacial score (nSPS) is 34.7. The van der Waals surface area contributed by atoms with Crippen molar-refractivity contribution in [1.82, 2.24) is 10.2 Å². The minimum Gasteiger partial charge on any atom is -0.350 e. The van der Waals surface area contributed by atoms with Gasteiger partial charge in [-0.1, -0.05) is 27.7 Å². The summed E-state index contributed by atoms with van der Waals surface area (Å²) in [6.07, 6.45) is 4.45. The SMILES string of the molecule is CC(C)CC1C2C=NC3(C(=O)NCc4ccsc4)C(C2)CN(CC(C)C)C13. The Balaban J connectivity index is 1.63. The first-order chi connectivity index (χ1) is 12.9. The summed E-state index contributed by atoms with van der Waals surface area (Å²) in [7, 11) is 0. The van der Waals surface area contributed by atoms with Crippen LogP contribution < -0.4 is 5.32 Å². The van der Waals surface area contributed by atoms with Gasteiger partial charge in [-0.15, -0.1) is 0 Å². The summed E-state index contributed by atoms with van der Waals surface area (Å²) in [5.41, 5.74) is 0.613. The van der Waals surface area contributed by atoms with Crippen LogP contribution in [0, 0.1) is 29.6 Å². The van der Waals surface area contributed by atoms with Crippen molar-refractivity contribution in [2.45, 2.75) is 58.7 Å². The molecule has 1 aliphatic carbocycles. The molecule has 1 saturated carbocycles. The van der Waals surface area contributed by atoms with Gasteiger partial charge in [-0.2, -0.15) is 11.3 Å². The highest BCUT2D eigenvalue weighted by molar-refractivity contribution is 7.07. The van der Waals surface area contributed by atoms with Gasteiger partial charge in [-0.3, -0.25) is 14.7 Å². The number of hydrogen-bond donors (Lipinski definition) is 1. The minimum atomic E-state index is -0.570. The molecule has 1 aromatic heterocycles. The van der Waals surface area contributed by atoms with Gasteiger partial charge in [0.05, 0.1) is 0 Å². The molecule has 5 heteroatoms. The maximum atomic E-state index is 13.5. The average molecular weight is 388 g/mol. The van der Waals surface area contributed by atoms with Crippen LogP contribution in [-0.4, -0.2) is 41.7 Å². The molecule has 5 unspecified atom stereocenters. The van der Waals surface area contributed by atoms with Crippen molar-refractivity contribution in [3.8, 4) is 0 Å². The van der Waals surface area contributed by atoms with E-state index in [4.69, 9.17) is 4.99 Å². The molecule has 4 aliphatic rings. The summed E-state index contributed by atoms with van der Waals surface area (Å²) < 4.78 is 0. The summed E-state index contributed by atoms with van der Waals surface area (Å²) >= 11 is 1.68. The van der Waals surface area contributed by atoms with Crippen molar-refractivity contribution in [3.63, 3.8) is 0 Å². The van der Waals surface area contributed by atoms with Crippen LogP contribution in [0.15, 0.2) is 21.8 Å². The molecule has 1 N–H and O–H groups in total. The molecule has 5 atom stereocenters. The smallest absolute Gasteiger partial charge is 0.250 e. The fourth-order valence-corrected chi connectivity index (χ4v) is 6.49. The first-order valence-corrected chi connectivity index (χ1v) is 11.4. The number of rotatable bonds is 7. The van der Waals surface area contributed by atoms with E-state index >= 15 is 0 Å². The number of likely N-dealkylation sites (tertiary alicyclic amines) is 1. The van der Waals surface area contributed by atoms with Crippen molar-refractivity contribution >= 4 is 23.5 Å². The van der Waals surface area contributed by atoms with Gasteiger partial charge in [0.2, 0.25) is 5.91 Å². The topological polar surface area (TPSA) is 44.7 Å². The second-order valence-electron chi connectivity index (χ2n) is 9.60. The number of aliphatic imine (C=N–C) groups is 1. The van der Waals surface area contributed by atoms with E-state index in [0.717, 1.165) is 19.5 Å². The molecule has 27 heavy (non-hydrogen) atoms.